The van der Waals surface area contributed by atoms with Crippen LogP contribution < -0.4 is 10.2 Å². The maximum atomic E-state index is 12.4. The average Bonchev–Trinajstić information content (AvgIpc) is 3.24. The second kappa shape index (κ2) is 8.42. The number of anilines is 2. The summed E-state index contributed by atoms with van der Waals surface area (Å²) in [5, 5.41) is 6.27. The number of rotatable bonds is 6. The third kappa shape index (κ3) is 5.80. The average molecular weight is 386 g/mol. The van der Waals surface area contributed by atoms with E-state index in [-0.39, 0.29) is 11.3 Å². The molecule has 2 aromatic rings. The summed E-state index contributed by atoms with van der Waals surface area (Å²) in [4.78, 5) is 19.6. The molecular weight excluding hydrogens is 354 g/mol. The first-order chi connectivity index (χ1) is 12.8. The maximum absolute atomic E-state index is 12.4. The van der Waals surface area contributed by atoms with Crippen LogP contribution in [0.2, 0.25) is 0 Å². The lowest BCUT2D eigenvalue weighted by atomic mass is 9.84. The van der Waals surface area contributed by atoms with Crippen LogP contribution in [0.5, 0.6) is 0 Å². The quantitative estimate of drug-likeness (QED) is 0.682. The molecule has 0 aliphatic carbocycles. The van der Waals surface area contributed by atoms with Gasteiger partial charge in [-0.1, -0.05) is 39.8 Å². The smallest absolute Gasteiger partial charge is 0.224 e. The van der Waals surface area contributed by atoms with E-state index in [4.69, 9.17) is 4.98 Å². The summed E-state index contributed by atoms with van der Waals surface area (Å²) in [5.41, 5.74) is 3.13. The monoisotopic (exact) mass is 385 g/mol. The fourth-order valence-electron chi connectivity index (χ4n) is 3.85. The highest BCUT2D eigenvalue weighted by molar-refractivity contribution is 7.14. The Morgan fingerprint density at radius 1 is 1.30 bits per heavy atom. The van der Waals surface area contributed by atoms with Crippen molar-refractivity contribution in [1.82, 2.24) is 4.98 Å². The molecule has 0 bridgehead atoms. The SMILES string of the molecule is CC(CC(=O)Nc1cccc(-c2csc(N3CCCC3)n2)c1)CC(C)(C)C. The van der Waals surface area contributed by atoms with Gasteiger partial charge in [0.25, 0.3) is 0 Å². The molecule has 0 saturated carbocycles. The van der Waals surface area contributed by atoms with Crippen molar-refractivity contribution in [2.75, 3.05) is 23.3 Å². The molecule has 146 valence electrons. The predicted octanol–water partition coefficient (Wildman–Crippen LogP) is 5.81. The number of hydrogen-bond acceptors (Lipinski definition) is 4. The minimum absolute atomic E-state index is 0.0833. The van der Waals surface area contributed by atoms with Crippen LogP contribution in [0, 0.1) is 11.3 Å². The maximum Gasteiger partial charge on any atom is 0.224 e. The molecule has 3 rings (SSSR count). The van der Waals surface area contributed by atoms with Gasteiger partial charge in [0.1, 0.15) is 0 Å². The van der Waals surface area contributed by atoms with Crippen molar-refractivity contribution in [2.24, 2.45) is 11.3 Å². The summed E-state index contributed by atoms with van der Waals surface area (Å²) in [6, 6.07) is 8.01. The van der Waals surface area contributed by atoms with E-state index in [1.165, 1.54) is 12.8 Å². The number of thiazole rings is 1. The van der Waals surface area contributed by atoms with Gasteiger partial charge in [0.2, 0.25) is 5.91 Å². The van der Waals surface area contributed by atoms with Crippen molar-refractivity contribution in [1.29, 1.82) is 0 Å². The summed E-state index contributed by atoms with van der Waals surface area (Å²) in [7, 11) is 0. The molecule has 1 amide bonds. The van der Waals surface area contributed by atoms with Crippen LogP contribution in [0.4, 0.5) is 10.8 Å². The second-order valence-electron chi connectivity index (χ2n) is 8.91. The first-order valence-electron chi connectivity index (χ1n) is 9.91. The Labute approximate surface area is 167 Å². The van der Waals surface area contributed by atoms with Crippen molar-refractivity contribution >= 4 is 28.1 Å². The second-order valence-corrected chi connectivity index (χ2v) is 9.75. The van der Waals surface area contributed by atoms with Crippen molar-refractivity contribution in [2.45, 2.75) is 53.4 Å². The zero-order chi connectivity index (χ0) is 19.4. The number of benzene rings is 1. The lowest BCUT2D eigenvalue weighted by Crippen LogP contribution is -2.18. The molecule has 1 aromatic heterocycles. The number of nitrogens with one attached hydrogen (secondary N) is 1. The largest absolute Gasteiger partial charge is 0.348 e. The van der Waals surface area contributed by atoms with Gasteiger partial charge in [-0.3, -0.25) is 4.79 Å². The van der Waals surface area contributed by atoms with Gasteiger partial charge < -0.3 is 10.2 Å². The highest BCUT2D eigenvalue weighted by Crippen LogP contribution is 2.31. The van der Waals surface area contributed by atoms with Gasteiger partial charge in [-0.15, -0.1) is 11.3 Å². The van der Waals surface area contributed by atoms with E-state index in [0.29, 0.717) is 12.3 Å². The molecular formula is C22H31N3OS. The number of amides is 1. The van der Waals surface area contributed by atoms with Gasteiger partial charge in [0.05, 0.1) is 5.69 Å². The highest BCUT2D eigenvalue weighted by atomic mass is 32.1. The fourth-order valence-corrected chi connectivity index (χ4v) is 4.74. The Kier molecular flexibility index (Phi) is 6.20. The molecule has 4 nitrogen and oxygen atoms in total. The van der Waals surface area contributed by atoms with E-state index in [0.717, 1.165) is 41.6 Å². The molecule has 1 fully saturated rings. The van der Waals surface area contributed by atoms with Crippen LogP contribution in [-0.2, 0) is 4.79 Å². The molecule has 2 heterocycles. The van der Waals surface area contributed by atoms with E-state index in [1.54, 1.807) is 11.3 Å². The first kappa shape index (κ1) is 19.9. The van der Waals surface area contributed by atoms with Gasteiger partial charge in [-0.2, -0.15) is 0 Å². The summed E-state index contributed by atoms with van der Waals surface area (Å²) < 4.78 is 0. The molecule has 0 radical (unpaired) electrons. The summed E-state index contributed by atoms with van der Waals surface area (Å²) >= 11 is 1.70. The predicted molar refractivity (Wildman–Crippen MR) is 115 cm³/mol. The van der Waals surface area contributed by atoms with E-state index in [2.05, 4.69) is 49.4 Å². The Hall–Kier alpha value is -1.88. The van der Waals surface area contributed by atoms with Gasteiger partial charge in [0, 0.05) is 36.1 Å². The van der Waals surface area contributed by atoms with Crippen LogP contribution in [-0.4, -0.2) is 24.0 Å². The van der Waals surface area contributed by atoms with Crippen LogP contribution in [0.1, 0.15) is 53.4 Å². The van der Waals surface area contributed by atoms with E-state index < -0.39 is 0 Å². The standard InChI is InChI=1S/C22H31N3OS/c1-16(14-22(2,3)4)12-20(26)23-18-9-7-8-17(13-18)19-15-27-21(24-19)25-10-5-6-11-25/h7-9,13,15-16H,5-6,10-12,14H2,1-4H3,(H,23,26). The van der Waals surface area contributed by atoms with E-state index in [9.17, 15) is 4.79 Å². The molecule has 1 unspecified atom stereocenters. The minimum Gasteiger partial charge on any atom is -0.348 e. The topological polar surface area (TPSA) is 45.2 Å². The molecule has 1 atom stereocenters. The third-order valence-corrected chi connectivity index (χ3v) is 5.71. The van der Waals surface area contributed by atoms with Crippen molar-refractivity contribution < 1.29 is 4.79 Å². The fraction of sp³-hybridized carbons (Fsp3) is 0.545. The summed E-state index contributed by atoms with van der Waals surface area (Å²) in [6.07, 6.45) is 4.10. The Balaban J connectivity index is 1.62. The molecule has 5 heteroatoms. The van der Waals surface area contributed by atoms with Crippen LogP contribution in [0.25, 0.3) is 11.3 Å². The molecule has 27 heavy (non-hydrogen) atoms. The normalized spacial score (nSPS) is 15.8. The molecule has 1 aliphatic rings. The lowest BCUT2D eigenvalue weighted by Gasteiger charge is -2.22. The zero-order valence-corrected chi connectivity index (χ0v) is 17.7. The highest BCUT2D eigenvalue weighted by Gasteiger charge is 2.18. The molecule has 1 saturated heterocycles. The van der Waals surface area contributed by atoms with E-state index in [1.807, 2.05) is 18.2 Å². The Morgan fingerprint density at radius 3 is 2.74 bits per heavy atom. The van der Waals surface area contributed by atoms with E-state index >= 15 is 0 Å². The number of aromatic nitrogens is 1. The molecule has 1 N–H and O–H groups in total. The number of nitrogens with zero attached hydrogens (tertiary/aromatic N) is 2. The molecule has 0 spiro atoms. The summed E-state index contributed by atoms with van der Waals surface area (Å²) in [5.74, 6) is 0.453. The molecule has 1 aromatic carbocycles. The number of carbonyl (C=O) groups is 1. The van der Waals surface area contributed by atoms with Crippen molar-refractivity contribution in [3.05, 3.63) is 29.6 Å². The molecule has 1 aliphatic heterocycles. The minimum atomic E-state index is 0.0833. The van der Waals surface area contributed by atoms with Crippen LogP contribution >= 0.6 is 11.3 Å². The third-order valence-electron chi connectivity index (χ3n) is 4.81. The van der Waals surface area contributed by atoms with Gasteiger partial charge in [-0.25, -0.2) is 4.98 Å². The van der Waals surface area contributed by atoms with Crippen LogP contribution in [0.15, 0.2) is 29.6 Å². The van der Waals surface area contributed by atoms with Gasteiger partial charge in [0.15, 0.2) is 5.13 Å². The Morgan fingerprint density at radius 2 is 2.04 bits per heavy atom. The first-order valence-corrected chi connectivity index (χ1v) is 10.8. The van der Waals surface area contributed by atoms with Crippen molar-refractivity contribution in [3.63, 3.8) is 0 Å². The zero-order valence-electron chi connectivity index (χ0n) is 16.9. The lowest BCUT2D eigenvalue weighted by molar-refractivity contribution is -0.117. The van der Waals surface area contributed by atoms with Gasteiger partial charge >= 0.3 is 0 Å². The number of hydrogen-bond donors (Lipinski definition) is 1. The Bertz CT molecular complexity index is 772. The van der Waals surface area contributed by atoms with Gasteiger partial charge in [-0.05, 0) is 42.7 Å². The summed E-state index contributed by atoms with van der Waals surface area (Å²) in [6.45, 7) is 11.0. The van der Waals surface area contributed by atoms with Crippen LogP contribution in [0.3, 0.4) is 0 Å². The number of carbonyl (C=O) groups excluding carboxylic acids is 1. The van der Waals surface area contributed by atoms with Crippen molar-refractivity contribution in [3.8, 4) is 11.3 Å².